The summed E-state index contributed by atoms with van der Waals surface area (Å²) < 4.78 is 0. The van der Waals surface area contributed by atoms with Gasteiger partial charge in [-0.15, -0.1) is 0 Å². The van der Waals surface area contributed by atoms with Crippen LogP contribution < -0.4 is 10.6 Å². The third-order valence-electron chi connectivity index (χ3n) is 4.80. The molecule has 2 amide bonds. The Balaban J connectivity index is 1.64. The summed E-state index contributed by atoms with van der Waals surface area (Å²) in [6.07, 6.45) is 8.05. The van der Waals surface area contributed by atoms with E-state index in [0.717, 1.165) is 51.6 Å². The van der Waals surface area contributed by atoms with E-state index < -0.39 is 0 Å². The molecule has 1 saturated carbocycles. The smallest absolute Gasteiger partial charge is 0.315 e. The molecule has 1 saturated heterocycles. The number of aliphatic hydroxyl groups is 1. The fraction of sp³-hybridized carbons (Fsp3) is 0.938. The van der Waals surface area contributed by atoms with Gasteiger partial charge in [0, 0.05) is 19.1 Å². The Morgan fingerprint density at radius 3 is 2.52 bits per heavy atom. The minimum absolute atomic E-state index is 0.0663. The van der Waals surface area contributed by atoms with Gasteiger partial charge in [0.25, 0.3) is 0 Å². The Labute approximate surface area is 128 Å². The van der Waals surface area contributed by atoms with Crippen LogP contribution in [0.3, 0.4) is 0 Å². The number of nitrogens with one attached hydrogen (secondary N) is 2. The minimum atomic E-state index is -0.375. The second-order valence-electron chi connectivity index (χ2n) is 6.55. The topological polar surface area (TPSA) is 64.6 Å². The highest BCUT2D eigenvalue weighted by Gasteiger charge is 2.26. The van der Waals surface area contributed by atoms with Crippen LogP contribution in [0.25, 0.3) is 0 Å². The molecular weight excluding hydrogens is 266 g/mol. The van der Waals surface area contributed by atoms with Gasteiger partial charge in [-0.25, -0.2) is 4.79 Å². The third-order valence-corrected chi connectivity index (χ3v) is 4.80. The molecule has 5 heteroatoms. The van der Waals surface area contributed by atoms with E-state index in [2.05, 4.69) is 22.5 Å². The van der Waals surface area contributed by atoms with Crippen molar-refractivity contribution in [3.05, 3.63) is 0 Å². The Morgan fingerprint density at radius 1 is 1.14 bits per heavy atom. The third kappa shape index (κ3) is 5.47. The summed E-state index contributed by atoms with van der Waals surface area (Å²) in [4.78, 5) is 14.5. The molecule has 1 aliphatic carbocycles. The zero-order valence-electron chi connectivity index (χ0n) is 13.3. The Kier molecular flexibility index (Phi) is 6.77. The zero-order chi connectivity index (χ0) is 15.1. The number of piperidine rings is 1. The summed E-state index contributed by atoms with van der Waals surface area (Å²) in [7, 11) is 0. The van der Waals surface area contributed by atoms with E-state index in [1.165, 1.54) is 19.4 Å². The van der Waals surface area contributed by atoms with Crippen LogP contribution in [0.2, 0.25) is 0 Å². The first kappa shape index (κ1) is 16.6. The average molecular weight is 297 g/mol. The lowest BCUT2D eigenvalue weighted by molar-refractivity contribution is 0.0935. The van der Waals surface area contributed by atoms with Gasteiger partial charge in [0.1, 0.15) is 0 Å². The van der Waals surface area contributed by atoms with Crippen molar-refractivity contribution in [2.45, 2.75) is 76.5 Å². The lowest BCUT2D eigenvalue weighted by Gasteiger charge is -2.33. The summed E-state index contributed by atoms with van der Waals surface area (Å²) in [6.45, 7) is 5.57. The van der Waals surface area contributed by atoms with Crippen molar-refractivity contribution in [1.29, 1.82) is 0 Å². The number of carbonyl (C=O) groups excluding carboxylic acids is 1. The van der Waals surface area contributed by atoms with E-state index in [1.54, 1.807) is 0 Å². The monoisotopic (exact) mass is 297 g/mol. The number of likely N-dealkylation sites (tertiary alicyclic amines) is 1. The number of aliphatic hydroxyl groups excluding tert-OH is 1. The second kappa shape index (κ2) is 8.59. The van der Waals surface area contributed by atoms with Crippen molar-refractivity contribution >= 4 is 6.03 Å². The Bertz CT molecular complexity index is 317. The highest BCUT2D eigenvalue weighted by atomic mass is 16.3. The summed E-state index contributed by atoms with van der Waals surface area (Å²) in [5.41, 5.74) is 0. The largest absolute Gasteiger partial charge is 0.391 e. The second-order valence-corrected chi connectivity index (χ2v) is 6.55. The molecule has 2 atom stereocenters. The van der Waals surface area contributed by atoms with Crippen molar-refractivity contribution in [2.24, 2.45) is 0 Å². The Hall–Kier alpha value is -0.810. The van der Waals surface area contributed by atoms with Crippen LogP contribution in [0, 0.1) is 0 Å². The van der Waals surface area contributed by atoms with Crippen molar-refractivity contribution in [3.8, 4) is 0 Å². The highest BCUT2D eigenvalue weighted by molar-refractivity contribution is 5.74. The molecule has 0 aromatic rings. The van der Waals surface area contributed by atoms with Gasteiger partial charge >= 0.3 is 6.03 Å². The normalized spacial score (nSPS) is 28.3. The number of carbonyl (C=O) groups is 1. The van der Waals surface area contributed by atoms with Gasteiger partial charge < -0.3 is 20.6 Å². The molecule has 3 N–H and O–H groups in total. The van der Waals surface area contributed by atoms with E-state index in [1.807, 2.05) is 0 Å². The molecule has 2 rings (SSSR count). The first-order chi connectivity index (χ1) is 10.2. The lowest BCUT2D eigenvalue weighted by atomic mass is 9.93. The summed E-state index contributed by atoms with van der Waals surface area (Å²) in [5.74, 6) is 0. The molecule has 0 spiro atoms. The van der Waals surface area contributed by atoms with Crippen molar-refractivity contribution in [3.63, 3.8) is 0 Å². The number of amides is 2. The average Bonchev–Trinajstić information content (AvgIpc) is 2.49. The maximum absolute atomic E-state index is 12.0. The van der Waals surface area contributed by atoms with Crippen LogP contribution >= 0.6 is 0 Å². The van der Waals surface area contributed by atoms with Gasteiger partial charge in [0.15, 0.2) is 0 Å². The van der Waals surface area contributed by atoms with Gasteiger partial charge in [-0.2, -0.15) is 0 Å². The van der Waals surface area contributed by atoms with Crippen LogP contribution in [-0.4, -0.2) is 53.9 Å². The molecule has 2 unspecified atom stereocenters. The van der Waals surface area contributed by atoms with E-state index in [-0.39, 0.29) is 24.2 Å². The molecular formula is C16H31N3O2. The van der Waals surface area contributed by atoms with E-state index in [4.69, 9.17) is 0 Å². The first-order valence-corrected chi connectivity index (χ1v) is 8.66. The zero-order valence-corrected chi connectivity index (χ0v) is 13.3. The van der Waals surface area contributed by atoms with E-state index in [9.17, 15) is 9.90 Å². The number of unbranched alkanes of at least 4 members (excludes halogenated alkanes) is 1. The van der Waals surface area contributed by atoms with Crippen LogP contribution in [-0.2, 0) is 0 Å². The fourth-order valence-electron chi connectivity index (χ4n) is 3.36. The van der Waals surface area contributed by atoms with Crippen molar-refractivity contribution in [2.75, 3.05) is 19.6 Å². The molecule has 0 aromatic carbocycles. The number of hydrogen-bond acceptors (Lipinski definition) is 3. The molecule has 0 bridgehead atoms. The standard InChI is InChI=1S/C16H31N3O2/c1-2-3-10-19-11-8-13(9-12-19)17-16(21)18-14-6-4-5-7-15(14)20/h13-15,20H,2-12H2,1H3,(H2,17,18,21). The molecule has 2 aliphatic rings. The maximum atomic E-state index is 12.0. The van der Waals surface area contributed by atoms with Crippen LogP contribution in [0.15, 0.2) is 0 Å². The van der Waals surface area contributed by atoms with Crippen molar-refractivity contribution < 1.29 is 9.90 Å². The van der Waals surface area contributed by atoms with Crippen LogP contribution in [0.5, 0.6) is 0 Å². The quantitative estimate of drug-likeness (QED) is 0.725. The van der Waals surface area contributed by atoms with Gasteiger partial charge in [0.2, 0.25) is 0 Å². The van der Waals surface area contributed by atoms with Crippen LogP contribution in [0.4, 0.5) is 4.79 Å². The predicted octanol–water partition coefficient (Wildman–Crippen LogP) is 1.85. The number of hydrogen-bond donors (Lipinski definition) is 3. The van der Waals surface area contributed by atoms with Gasteiger partial charge in [-0.05, 0) is 38.6 Å². The molecule has 21 heavy (non-hydrogen) atoms. The lowest BCUT2D eigenvalue weighted by Crippen LogP contribution is -2.53. The van der Waals surface area contributed by atoms with Gasteiger partial charge in [-0.3, -0.25) is 0 Å². The molecule has 0 radical (unpaired) electrons. The van der Waals surface area contributed by atoms with Crippen LogP contribution in [0.1, 0.15) is 58.3 Å². The molecule has 2 fully saturated rings. The molecule has 1 heterocycles. The predicted molar refractivity (Wildman–Crippen MR) is 84.3 cm³/mol. The van der Waals surface area contributed by atoms with Gasteiger partial charge in [0.05, 0.1) is 12.1 Å². The summed E-state index contributed by atoms with van der Waals surface area (Å²) in [6, 6.07) is 0.111. The Morgan fingerprint density at radius 2 is 1.86 bits per heavy atom. The van der Waals surface area contributed by atoms with Crippen molar-refractivity contribution in [1.82, 2.24) is 15.5 Å². The van der Waals surface area contributed by atoms with Gasteiger partial charge in [-0.1, -0.05) is 26.2 Å². The molecule has 0 aromatic heterocycles. The number of urea groups is 1. The fourth-order valence-corrected chi connectivity index (χ4v) is 3.36. The molecule has 1 aliphatic heterocycles. The summed E-state index contributed by atoms with van der Waals surface area (Å²) >= 11 is 0. The SMILES string of the molecule is CCCCN1CCC(NC(=O)NC2CCCCC2O)CC1. The first-order valence-electron chi connectivity index (χ1n) is 8.66. The number of rotatable bonds is 5. The molecule has 5 nitrogen and oxygen atoms in total. The minimum Gasteiger partial charge on any atom is -0.391 e. The molecule has 122 valence electrons. The van der Waals surface area contributed by atoms with E-state index in [0.29, 0.717) is 0 Å². The maximum Gasteiger partial charge on any atom is 0.315 e. The summed E-state index contributed by atoms with van der Waals surface area (Å²) in [5, 5.41) is 15.9. The highest BCUT2D eigenvalue weighted by Crippen LogP contribution is 2.18. The van der Waals surface area contributed by atoms with E-state index >= 15 is 0 Å². The number of nitrogens with zero attached hydrogens (tertiary/aromatic N) is 1.